The molecule has 0 radical (unpaired) electrons. The van der Waals surface area contributed by atoms with Crippen LogP contribution in [-0.2, 0) is 0 Å². The van der Waals surface area contributed by atoms with E-state index < -0.39 is 22.5 Å². The molecule has 4 rings (SSSR count). The zero-order valence-electron chi connectivity index (χ0n) is 19.0. The molecule has 35 heavy (non-hydrogen) atoms. The molecule has 1 aliphatic heterocycles. The van der Waals surface area contributed by atoms with Gasteiger partial charge in [-0.3, -0.25) is 15.2 Å². The van der Waals surface area contributed by atoms with Gasteiger partial charge >= 0.3 is 11.7 Å². The highest BCUT2D eigenvalue weighted by Gasteiger charge is 2.38. The van der Waals surface area contributed by atoms with E-state index in [9.17, 15) is 20.2 Å². The van der Waals surface area contributed by atoms with Gasteiger partial charge in [0.05, 0.1) is 23.0 Å². The lowest BCUT2D eigenvalue weighted by Gasteiger charge is -2.25. The Morgan fingerprint density at radius 3 is 2.83 bits per heavy atom. The Labute approximate surface area is 203 Å². The van der Waals surface area contributed by atoms with Crippen LogP contribution in [0.1, 0.15) is 59.1 Å². The molecule has 0 unspecified atom stereocenters. The summed E-state index contributed by atoms with van der Waals surface area (Å²) in [4.78, 5) is 24.3. The molecule has 0 saturated heterocycles. The zero-order chi connectivity index (χ0) is 25.3. The van der Waals surface area contributed by atoms with Crippen LogP contribution in [0.25, 0.3) is 0 Å². The van der Waals surface area contributed by atoms with E-state index >= 15 is 0 Å². The molecule has 1 atom stereocenters. The number of hydrogen-bond donors (Lipinski definition) is 2. The van der Waals surface area contributed by atoms with E-state index in [0.29, 0.717) is 16.8 Å². The molecule has 0 amide bonds. The summed E-state index contributed by atoms with van der Waals surface area (Å²) in [6.45, 7) is 5.70. The molecular formula is C23H21N5O6S. The monoisotopic (exact) mass is 495 g/mol. The van der Waals surface area contributed by atoms with Gasteiger partial charge in [0.25, 0.3) is 0 Å². The van der Waals surface area contributed by atoms with Gasteiger partial charge < -0.3 is 19.9 Å². The van der Waals surface area contributed by atoms with Crippen molar-refractivity contribution in [2.45, 2.75) is 32.6 Å². The summed E-state index contributed by atoms with van der Waals surface area (Å²) in [5.74, 6) is -1.89. The van der Waals surface area contributed by atoms with Crippen LogP contribution >= 0.6 is 11.3 Å². The van der Waals surface area contributed by atoms with Gasteiger partial charge in [-0.05, 0) is 35.9 Å². The van der Waals surface area contributed by atoms with Gasteiger partial charge in [0.15, 0.2) is 5.75 Å². The van der Waals surface area contributed by atoms with Gasteiger partial charge in [0.2, 0.25) is 17.5 Å². The highest BCUT2D eigenvalue weighted by atomic mass is 32.1. The Hall–Kier alpha value is -4.37. The number of fused-ring (bicyclic) bond motifs is 1. The van der Waals surface area contributed by atoms with Crippen molar-refractivity contribution in [3.63, 3.8) is 0 Å². The normalized spacial score (nSPS) is 14.8. The molecule has 3 N–H and O–H groups in total. The number of H-pyrrole nitrogens is 1. The van der Waals surface area contributed by atoms with Crippen LogP contribution in [-0.4, -0.2) is 27.7 Å². The summed E-state index contributed by atoms with van der Waals surface area (Å²) in [5, 5.41) is 30.7. The van der Waals surface area contributed by atoms with E-state index in [4.69, 9.17) is 19.9 Å². The molecule has 0 aliphatic carbocycles. The zero-order valence-corrected chi connectivity index (χ0v) is 19.8. The molecule has 180 valence electrons. The second-order valence-electron chi connectivity index (χ2n) is 7.86. The van der Waals surface area contributed by atoms with Crippen LogP contribution in [0, 0.1) is 21.4 Å². The number of esters is 1. The van der Waals surface area contributed by atoms with Gasteiger partial charge in [-0.15, -0.1) is 16.4 Å². The lowest BCUT2D eigenvalue weighted by Crippen LogP contribution is -2.22. The largest absolute Gasteiger partial charge is 0.490 e. The SMILES string of the molecule is CCOc1cc([C@H]2C(C#N)=C(N)Oc3n[nH]c(C(C)C)c32)cc([N+](=O)[O-])c1OC(=O)c1cccs1. The Morgan fingerprint density at radius 2 is 2.23 bits per heavy atom. The number of aromatic amines is 1. The van der Waals surface area contributed by atoms with Gasteiger partial charge in [-0.2, -0.15) is 5.26 Å². The maximum atomic E-state index is 12.6. The Morgan fingerprint density at radius 1 is 1.46 bits per heavy atom. The quantitative estimate of drug-likeness (QED) is 0.210. The third-order valence-corrected chi connectivity index (χ3v) is 6.20. The van der Waals surface area contributed by atoms with Crippen molar-refractivity contribution in [2.24, 2.45) is 5.73 Å². The van der Waals surface area contributed by atoms with E-state index in [1.54, 1.807) is 24.4 Å². The first-order valence-corrected chi connectivity index (χ1v) is 11.5. The number of nitriles is 1. The number of nitrogens with one attached hydrogen (secondary N) is 1. The van der Waals surface area contributed by atoms with Crippen molar-refractivity contribution in [1.29, 1.82) is 5.26 Å². The number of hydrogen-bond acceptors (Lipinski definition) is 10. The average molecular weight is 496 g/mol. The molecule has 0 fully saturated rings. The number of aromatic nitrogens is 2. The number of nitro groups is 1. The van der Waals surface area contributed by atoms with E-state index in [1.165, 1.54) is 12.1 Å². The van der Waals surface area contributed by atoms with Crippen molar-refractivity contribution in [3.05, 3.63) is 72.9 Å². The average Bonchev–Trinajstić information content (AvgIpc) is 3.49. The number of nitro benzene ring substituents is 1. The second-order valence-corrected chi connectivity index (χ2v) is 8.81. The predicted octanol–water partition coefficient (Wildman–Crippen LogP) is 4.34. The van der Waals surface area contributed by atoms with Crippen molar-refractivity contribution < 1.29 is 23.9 Å². The molecular weight excluding hydrogens is 474 g/mol. The molecule has 2 aromatic heterocycles. The van der Waals surface area contributed by atoms with E-state index in [1.807, 2.05) is 13.8 Å². The molecule has 0 saturated carbocycles. The number of nitrogens with zero attached hydrogens (tertiary/aromatic N) is 3. The van der Waals surface area contributed by atoms with Crippen LogP contribution in [0.4, 0.5) is 5.69 Å². The number of ether oxygens (including phenoxy) is 3. The summed E-state index contributed by atoms with van der Waals surface area (Å²) < 4.78 is 16.6. The number of thiophene rings is 1. The van der Waals surface area contributed by atoms with Crippen LogP contribution in [0.15, 0.2) is 41.1 Å². The number of rotatable bonds is 7. The predicted molar refractivity (Wildman–Crippen MR) is 126 cm³/mol. The van der Waals surface area contributed by atoms with Crippen molar-refractivity contribution in [3.8, 4) is 23.4 Å². The second kappa shape index (κ2) is 9.47. The first-order valence-electron chi connectivity index (χ1n) is 10.6. The Kier molecular flexibility index (Phi) is 6.44. The fourth-order valence-electron chi connectivity index (χ4n) is 3.86. The third kappa shape index (κ3) is 4.29. The van der Waals surface area contributed by atoms with Crippen LogP contribution in [0.3, 0.4) is 0 Å². The maximum absolute atomic E-state index is 12.6. The number of carbonyl (C=O) groups is 1. The van der Waals surface area contributed by atoms with E-state index in [-0.39, 0.29) is 46.2 Å². The van der Waals surface area contributed by atoms with Crippen molar-refractivity contribution >= 4 is 23.0 Å². The molecule has 11 nitrogen and oxygen atoms in total. The molecule has 1 aliphatic rings. The number of allylic oxidation sites excluding steroid dienone is 1. The Balaban J connectivity index is 1.93. The van der Waals surface area contributed by atoms with E-state index in [2.05, 4.69) is 16.3 Å². The maximum Gasteiger partial charge on any atom is 0.354 e. The standard InChI is InChI=1S/C23H21N5O6S/c1-4-32-15-9-12(8-14(28(30)31)20(15)33-23(29)16-6-5-7-35-16)17-13(10-24)21(25)34-22-18(17)19(11(2)3)26-27-22/h5-9,11,17H,4,25H2,1-3H3,(H,26,27)/t17-/m0/s1. The summed E-state index contributed by atoms with van der Waals surface area (Å²) in [6, 6.07) is 8.04. The minimum Gasteiger partial charge on any atom is -0.490 e. The summed E-state index contributed by atoms with van der Waals surface area (Å²) >= 11 is 1.15. The number of nitrogens with two attached hydrogens (primary N) is 1. The molecule has 0 bridgehead atoms. The molecule has 3 heterocycles. The van der Waals surface area contributed by atoms with Gasteiger partial charge in [0.1, 0.15) is 16.5 Å². The van der Waals surface area contributed by atoms with Crippen LogP contribution in [0.2, 0.25) is 0 Å². The molecule has 1 aromatic carbocycles. The van der Waals surface area contributed by atoms with E-state index in [0.717, 1.165) is 11.3 Å². The first-order chi connectivity index (χ1) is 16.8. The van der Waals surface area contributed by atoms with Crippen LogP contribution in [0.5, 0.6) is 17.4 Å². The minimum absolute atomic E-state index is 0.0138. The molecule has 0 spiro atoms. The third-order valence-electron chi connectivity index (χ3n) is 5.35. The fraction of sp³-hybridized carbons (Fsp3) is 0.261. The van der Waals surface area contributed by atoms with Gasteiger partial charge in [-0.25, -0.2) is 4.79 Å². The van der Waals surface area contributed by atoms with Gasteiger partial charge in [-0.1, -0.05) is 19.9 Å². The Bertz CT molecular complexity index is 1370. The van der Waals surface area contributed by atoms with Crippen molar-refractivity contribution in [2.75, 3.05) is 6.61 Å². The number of benzene rings is 1. The van der Waals surface area contributed by atoms with Crippen LogP contribution < -0.4 is 19.9 Å². The lowest BCUT2D eigenvalue weighted by atomic mass is 9.82. The summed E-state index contributed by atoms with van der Waals surface area (Å²) in [6.07, 6.45) is 0. The molecule has 3 aromatic rings. The highest BCUT2D eigenvalue weighted by Crippen LogP contribution is 2.48. The first kappa shape index (κ1) is 23.8. The van der Waals surface area contributed by atoms with Crippen molar-refractivity contribution in [1.82, 2.24) is 10.2 Å². The lowest BCUT2D eigenvalue weighted by molar-refractivity contribution is -0.385. The van der Waals surface area contributed by atoms with Gasteiger partial charge in [0, 0.05) is 11.8 Å². The summed E-state index contributed by atoms with van der Waals surface area (Å²) in [5.41, 5.74) is 7.17. The smallest absolute Gasteiger partial charge is 0.354 e. The summed E-state index contributed by atoms with van der Waals surface area (Å²) in [7, 11) is 0. The minimum atomic E-state index is -0.820. The fourth-order valence-corrected chi connectivity index (χ4v) is 4.45. The molecule has 12 heteroatoms. The topological polar surface area (TPSA) is 166 Å². The number of carbonyl (C=O) groups excluding carboxylic acids is 1. The highest BCUT2D eigenvalue weighted by molar-refractivity contribution is 7.12.